The Morgan fingerprint density at radius 1 is 1.08 bits per heavy atom. The van der Waals surface area contributed by atoms with Crippen LogP contribution in [0.25, 0.3) is 11.0 Å². The molecule has 2 aliphatic heterocycles. The SMILES string of the molecule is CC(C)(C)OC(=O)N(Cc1cc2c(cn1)OCCO2)C1CCN(CCn2c(=O)ccc3ncccc32)CC1. The van der Waals surface area contributed by atoms with Crippen molar-refractivity contribution < 1.29 is 19.0 Å². The molecule has 3 aromatic rings. The van der Waals surface area contributed by atoms with Crippen LogP contribution in [0.15, 0.2) is 47.5 Å². The minimum absolute atomic E-state index is 0.0144. The first-order valence-corrected chi connectivity index (χ1v) is 13.2. The average molecular weight is 522 g/mol. The number of amides is 1. The summed E-state index contributed by atoms with van der Waals surface area (Å²) in [5, 5.41) is 0. The zero-order valence-electron chi connectivity index (χ0n) is 22.3. The standard InChI is InChI=1S/C28H35N5O5/c1-28(2,3)38-27(35)33(19-20-17-24-25(18-30-20)37-16-15-36-24)21-8-11-31(12-9-21)13-14-32-23-5-4-10-29-22(23)6-7-26(32)34/h4-7,10,17-18,21H,8-9,11-16,19H2,1-3H3. The van der Waals surface area contributed by atoms with Gasteiger partial charge in [-0.05, 0) is 51.8 Å². The Morgan fingerprint density at radius 2 is 1.84 bits per heavy atom. The molecular formula is C28H35N5O5. The van der Waals surface area contributed by atoms with Gasteiger partial charge in [-0.25, -0.2) is 4.79 Å². The molecule has 0 unspecified atom stereocenters. The first kappa shape index (κ1) is 26.0. The van der Waals surface area contributed by atoms with Crippen molar-refractivity contribution >= 4 is 17.1 Å². The van der Waals surface area contributed by atoms with Crippen molar-refractivity contribution in [1.29, 1.82) is 0 Å². The van der Waals surface area contributed by atoms with E-state index in [1.165, 1.54) is 0 Å². The van der Waals surface area contributed by atoms with Crippen LogP contribution < -0.4 is 15.0 Å². The van der Waals surface area contributed by atoms with Gasteiger partial charge in [-0.2, -0.15) is 0 Å². The molecule has 0 N–H and O–H groups in total. The van der Waals surface area contributed by atoms with Crippen molar-refractivity contribution in [3.63, 3.8) is 0 Å². The summed E-state index contributed by atoms with van der Waals surface area (Å²) in [7, 11) is 0. The first-order valence-electron chi connectivity index (χ1n) is 13.2. The molecule has 0 radical (unpaired) electrons. The Morgan fingerprint density at radius 3 is 2.61 bits per heavy atom. The highest BCUT2D eigenvalue weighted by Crippen LogP contribution is 2.30. The quantitative estimate of drug-likeness (QED) is 0.486. The van der Waals surface area contributed by atoms with Gasteiger partial charge in [-0.15, -0.1) is 0 Å². The van der Waals surface area contributed by atoms with Crippen LogP contribution in [0.2, 0.25) is 0 Å². The van der Waals surface area contributed by atoms with Gasteiger partial charge in [0.15, 0.2) is 11.5 Å². The highest BCUT2D eigenvalue weighted by atomic mass is 16.6. The fourth-order valence-electron chi connectivity index (χ4n) is 4.96. The van der Waals surface area contributed by atoms with Crippen LogP contribution in [-0.2, 0) is 17.8 Å². The number of carbonyl (C=O) groups is 1. The summed E-state index contributed by atoms with van der Waals surface area (Å²) in [5.74, 6) is 1.28. The van der Waals surface area contributed by atoms with E-state index in [1.54, 1.807) is 34.0 Å². The molecule has 0 spiro atoms. The molecule has 5 rings (SSSR count). The second kappa shape index (κ2) is 11.0. The monoisotopic (exact) mass is 521 g/mol. The van der Waals surface area contributed by atoms with Crippen molar-refractivity contribution in [3.05, 3.63) is 58.8 Å². The zero-order chi connectivity index (χ0) is 26.7. The van der Waals surface area contributed by atoms with Crippen LogP contribution in [0.1, 0.15) is 39.3 Å². The number of likely N-dealkylation sites (tertiary alicyclic amines) is 1. The molecule has 1 saturated heterocycles. The van der Waals surface area contributed by atoms with Gasteiger partial charge in [-0.1, -0.05) is 0 Å². The van der Waals surface area contributed by atoms with Gasteiger partial charge in [0.25, 0.3) is 5.56 Å². The maximum atomic E-state index is 13.3. The van der Waals surface area contributed by atoms with E-state index in [0.29, 0.717) is 37.8 Å². The number of fused-ring (bicyclic) bond motifs is 2. The number of piperidine rings is 1. The lowest BCUT2D eigenvalue weighted by atomic mass is 10.0. The second-order valence-corrected chi connectivity index (χ2v) is 10.7. The average Bonchev–Trinajstić information content (AvgIpc) is 2.90. The van der Waals surface area contributed by atoms with Crippen molar-refractivity contribution in [2.45, 2.75) is 58.3 Å². The smallest absolute Gasteiger partial charge is 0.410 e. The predicted octanol–water partition coefficient (Wildman–Crippen LogP) is 3.46. The fourth-order valence-corrected chi connectivity index (χ4v) is 4.96. The minimum atomic E-state index is -0.600. The number of rotatable bonds is 6. The second-order valence-electron chi connectivity index (χ2n) is 10.7. The summed E-state index contributed by atoms with van der Waals surface area (Å²) in [5.41, 5.74) is 1.76. The summed E-state index contributed by atoms with van der Waals surface area (Å²) < 4.78 is 18.9. The molecule has 1 amide bonds. The van der Waals surface area contributed by atoms with E-state index in [9.17, 15) is 9.59 Å². The Bertz CT molecular complexity index is 1340. The lowest BCUT2D eigenvalue weighted by Gasteiger charge is -2.39. The number of nitrogens with zero attached hydrogens (tertiary/aromatic N) is 5. The lowest BCUT2D eigenvalue weighted by Crippen LogP contribution is -2.49. The molecule has 3 aromatic heterocycles. The Kier molecular flexibility index (Phi) is 7.51. The third kappa shape index (κ3) is 6.07. The highest BCUT2D eigenvalue weighted by Gasteiger charge is 2.32. The topological polar surface area (TPSA) is 99.0 Å². The molecule has 38 heavy (non-hydrogen) atoms. The molecule has 0 aliphatic carbocycles. The maximum Gasteiger partial charge on any atom is 0.410 e. The van der Waals surface area contributed by atoms with Gasteiger partial charge in [0.1, 0.15) is 18.8 Å². The number of pyridine rings is 3. The van der Waals surface area contributed by atoms with Gasteiger partial charge >= 0.3 is 6.09 Å². The molecule has 10 nitrogen and oxygen atoms in total. The van der Waals surface area contributed by atoms with E-state index in [1.807, 2.05) is 39.0 Å². The molecule has 0 atom stereocenters. The third-order valence-electron chi connectivity index (χ3n) is 6.84. The molecule has 0 aromatic carbocycles. The van der Waals surface area contributed by atoms with Gasteiger partial charge in [0.2, 0.25) is 0 Å². The highest BCUT2D eigenvalue weighted by molar-refractivity contribution is 5.74. The van der Waals surface area contributed by atoms with Crippen molar-refractivity contribution in [2.24, 2.45) is 0 Å². The zero-order valence-corrected chi connectivity index (χ0v) is 22.3. The number of hydrogen-bond acceptors (Lipinski definition) is 8. The van der Waals surface area contributed by atoms with Crippen LogP contribution in [0.3, 0.4) is 0 Å². The Labute approximate surface area is 222 Å². The molecule has 0 bridgehead atoms. The molecule has 202 valence electrons. The van der Waals surface area contributed by atoms with Crippen LogP contribution in [0.5, 0.6) is 11.5 Å². The van der Waals surface area contributed by atoms with E-state index in [0.717, 1.165) is 49.2 Å². The molecule has 2 aliphatic rings. The summed E-state index contributed by atoms with van der Waals surface area (Å²) in [6.45, 7) is 9.91. The third-order valence-corrected chi connectivity index (χ3v) is 6.84. The van der Waals surface area contributed by atoms with E-state index < -0.39 is 5.60 Å². The summed E-state index contributed by atoms with van der Waals surface area (Å²) >= 11 is 0. The molecule has 10 heteroatoms. The Balaban J connectivity index is 1.25. The van der Waals surface area contributed by atoms with Crippen LogP contribution in [0.4, 0.5) is 4.79 Å². The lowest BCUT2D eigenvalue weighted by molar-refractivity contribution is 0.00529. The largest absolute Gasteiger partial charge is 0.486 e. The molecule has 5 heterocycles. The van der Waals surface area contributed by atoms with Crippen LogP contribution in [0, 0.1) is 0 Å². The van der Waals surface area contributed by atoms with E-state index in [-0.39, 0.29) is 17.7 Å². The first-order chi connectivity index (χ1) is 18.3. The van der Waals surface area contributed by atoms with Crippen molar-refractivity contribution in [2.75, 3.05) is 32.8 Å². The normalized spacial score (nSPS) is 16.4. The van der Waals surface area contributed by atoms with Crippen molar-refractivity contribution in [3.8, 4) is 11.5 Å². The van der Waals surface area contributed by atoms with Gasteiger partial charge in [-0.3, -0.25) is 19.7 Å². The van der Waals surface area contributed by atoms with Crippen LogP contribution in [-0.4, -0.2) is 74.9 Å². The number of aromatic nitrogens is 3. The van der Waals surface area contributed by atoms with Gasteiger partial charge in [0, 0.05) is 50.6 Å². The van der Waals surface area contributed by atoms with Crippen LogP contribution >= 0.6 is 0 Å². The number of hydrogen-bond donors (Lipinski definition) is 0. The summed E-state index contributed by atoms with van der Waals surface area (Å²) in [4.78, 5) is 38.8. The van der Waals surface area contributed by atoms with Crippen molar-refractivity contribution in [1.82, 2.24) is 24.3 Å². The molecule has 0 saturated carbocycles. The van der Waals surface area contributed by atoms with Gasteiger partial charge < -0.3 is 23.7 Å². The maximum absolute atomic E-state index is 13.3. The van der Waals surface area contributed by atoms with E-state index >= 15 is 0 Å². The fraction of sp³-hybridized carbons (Fsp3) is 0.500. The molecule has 1 fully saturated rings. The number of carbonyl (C=O) groups excluding carboxylic acids is 1. The van der Waals surface area contributed by atoms with E-state index in [4.69, 9.17) is 14.2 Å². The Hall–Kier alpha value is -3.66. The number of ether oxygens (including phenoxy) is 3. The summed E-state index contributed by atoms with van der Waals surface area (Å²) in [6, 6.07) is 8.98. The van der Waals surface area contributed by atoms with Gasteiger partial charge in [0.05, 0.1) is 29.5 Å². The van der Waals surface area contributed by atoms with E-state index in [2.05, 4.69) is 14.9 Å². The minimum Gasteiger partial charge on any atom is -0.486 e. The molecular weight excluding hydrogens is 486 g/mol. The summed E-state index contributed by atoms with van der Waals surface area (Å²) in [6.07, 6.45) is 4.65. The predicted molar refractivity (Wildman–Crippen MR) is 142 cm³/mol.